The van der Waals surface area contributed by atoms with Crippen molar-refractivity contribution in [3.8, 4) is 0 Å². The highest BCUT2D eigenvalue weighted by Gasteiger charge is 2.26. The van der Waals surface area contributed by atoms with Gasteiger partial charge in [-0.05, 0) is 19.3 Å². The number of nitrogens with zero attached hydrogens (tertiary/aromatic N) is 1. The van der Waals surface area contributed by atoms with Gasteiger partial charge in [0, 0.05) is 13.0 Å². The average Bonchev–Trinajstić information content (AvgIpc) is 2.52. The zero-order valence-corrected chi connectivity index (χ0v) is 13.6. The van der Waals surface area contributed by atoms with E-state index in [1.54, 1.807) is 0 Å². The van der Waals surface area contributed by atoms with Gasteiger partial charge in [0.05, 0.1) is 6.54 Å². The standard InChI is InChI=1S/C13H24N6O6/c14-6-9(20)18-7(2-1-5-17-13(15)16)11(23)19-8(12(24)25)3-4-10(21)22/h7-8H,1-6,14H2,(H,18,20)(H,19,23)(H,21,22)(H,24,25)(H4,15,16,17). The van der Waals surface area contributed by atoms with Gasteiger partial charge >= 0.3 is 11.9 Å². The number of carboxylic acid groups (broad SMARTS) is 2. The molecule has 0 saturated heterocycles. The van der Waals surface area contributed by atoms with Gasteiger partial charge < -0.3 is 38.0 Å². The molecule has 0 heterocycles. The number of hydrogen-bond acceptors (Lipinski definition) is 6. The van der Waals surface area contributed by atoms with Gasteiger partial charge in [0.15, 0.2) is 5.96 Å². The van der Waals surface area contributed by atoms with E-state index in [-0.39, 0.29) is 31.9 Å². The van der Waals surface area contributed by atoms with Gasteiger partial charge in [0.2, 0.25) is 11.8 Å². The Kier molecular flexibility index (Phi) is 10.3. The molecule has 0 aromatic rings. The third-order valence-electron chi connectivity index (χ3n) is 3.04. The number of carbonyl (C=O) groups is 4. The third kappa shape index (κ3) is 10.5. The lowest BCUT2D eigenvalue weighted by Crippen LogP contribution is -2.52. The molecule has 2 atom stereocenters. The van der Waals surface area contributed by atoms with Gasteiger partial charge in [-0.2, -0.15) is 0 Å². The first-order chi connectivity index (χ1) is 11.7. The topological polar surface area (TPSA) is 223 Å². The maximum atomic E-state index is 12.2. The molecular formula is C13H24N6O6. The Morgan fingerprint density at radius 1 is 1.00 bits per heavy atom. The summed E-state index contributed by atoms with van der Waals surface area (Å²) < 4.78 is 0. The molecule has 12 nitrogen and oxygen atoms in total. The first-order valence-electron chi connectivity index (χ1n) is 7.47. The van der Waals surface area contributed by atoms with Gasteiger partial charge in [-0.15, -0.1) is 0 Å². The SMILES string of the molecule is NCC(=O)NC(CCCN=C(N)N)C(=O)NC(CCC(=O)O)C(=O)O. The Bertz CT molecular complexity index is 519. The predicted molar refractivity (Wildman–Crippen MR) is 87.3 cm³/mol. The molecule has 0 saturated carbocycles. The number of guanidine groups is 1. The minimum absolute atomic E-state index is 0.119. The Morgan fingerprint density at radius 3 is 2.12 bits per heavy atom. The molecule has 0 aliphatic rings. The van der Waals surface area contributed by atoms with Gasteiger partial charge in [-0.1, -0.05) is 0 Å². The summed E-state index contributed by atoms with van der Waals surface area (Å²) >= 11 is 0. The van der Waals surface area contributed by atoms with Crippen LogP contribution in [0.1, 0.15) is 25.7 Å². The van der Waals surface area contributed by atoms with Crippen LogP contribution < -0.4 is 27.8 Å². The predicted octanol–water partition coefficient (Wildman–Crippen LogP) is -3.08. The molecule has 2 unspecified atom stereocenters. The van der Waals surface area contributed by atoms with E-state index in [1.165, 1.54) is 0 Å². The van der Waals surface area contributed by atoms with Crippen molar-refractivity contribution in [2.75, 3.05) is 13.1 Å². The van der Waals surface area contributed by atoms with Crippen LogP contribution in [-0.4, -0.2) is 65.1 Å². The number of aliphatic carboxylic acids is 2. The van der Waals surface area contributed by atoms with Crippen LogP contribution in [0.15, 0.2) is 4.99 Å². The molecular weight excluding hydrogens is 336 g/mol. The van der Waals surface area contributed by atoms with Crippen molar-refractivity contribution in [3.63, 3.8) is 0 Å². The second-order valence-electron chi connectivity index (χ2n) is 5.10. The van der Waals surface area contributed by atoms with E-state index in [0.29, 0.717) is 6.42 Å². The van der Waals surface area contributed by atoms with E-state index in [0.717, 1.165) is 0 Å². The van der Waals surface area contributed by atoms with Crippen LogP contribution in [0.3, 0.4) is 0 Å². The van der Waals surface area contributed by atoms with Crippen LogP contribution in [0, 0.1) is 0 Å². The quantitative estimate of drug-likeness (QED) is 0.106. The zero-order chi connectivity index (χ0) is 19.4. The van der Waals surface area contributed by atoms with Crippen molar-refractivity contribution >= 4 is 29.7 Å². The lowest BCUT2D eigenvalue weighted by molar-refractivity contribution is -0.143. The molecule has 25 heavy (non-hydrogen) atoms. The molecule has 0 aliphatic carbocycles. The summed E-state index contributed by atoms with van der Waals surface area (Å²) in [5, 5.41) is 22.3. The van der Waals surface area contributed by atoms with Crippen LogP contribution in [0.2, 0.25) is 0 Å². The minimum atomic E-state index is -1.39. The molecule has 0 bridgehead atoms. The van der Waals surface area contributed by atoms with Crippen molar-refractivity contribution in [3.05, 3.63) is 0 Å². The molecule has 0 radical (unpaired) electrons. The number of rotatable bonds is 12. The lowest BCUT2D eigenvalue weighted by atomic mass is 10.1. The number of nitrogens with two attached hydrogens (primary N) is 3. The zero-order valence-electron chi connectivity index (χ0n) is 13.6. The van der Waals surface area contributed by atoms with Gasteiger partial charge in [0.1, 0.15) is 12.1 Å². The maximum absolute atomic E-state index is 12.2. The molecule has 12 heteroatoms. The molecule has 0 spiro atoms. The third-order valence-corrected chi connectivity index (χ3v) is 3.04. The number of hydrogen-bond donors (Lipinski definition) is 7. The Labute approximate surface area is 143 Å². The molecule has 0 rings (SSSR count). The lowest BCUT2D eigenvalue weighted by Gasteiger charge is -2.21. The molecule has 0 fully saturated rings. The highest BCUT2D eigenvalue weighted by atomic mass is 16.4. The van der Waals surface area contributed by atoms with Crippen molar-refractivity contribution in [2.45, 2.75) is 37.8 Å². The fraction of sp³-hybridized carbons (Fsp3) is 0.615. The largest absolute Gasteiger partial charge is 0.481 e. The monoisotopic (exact) mass is 360 g/mol. The number of carbonyl (C=O) groups excluding carboxylic acids is 2. The van der Waals surface area contributed by atoms with Crippen LogP contribution in [0.5, 0.6) is 0 Å². The summed E-state index contributed by atoms with van der Waals surface area (Å²) in [7, 11) is 0. The molecule has 142 valence electrons. The van der Waals surface area contributed by atoms with Crippen molar-refractivity contribution in [1.82, 2.24) is 10.6 Å². The van der Waals surface area contributed by atoms with Crippen LogP contribution in [-0.2, 0) is 19.2 Å². The number of aliphatic imine (C=N–C) groups is 1. The first kappa shape index (κ1) is 22.1. The first-order valence-corrected chi connectivity index (χ1v) is 7.47. The number of carboxylic acids is 2. The summed E-state index contributed by atoms with van der Waals surface area (Å²) in [6.07, 6.45) is -0.239. The Morgan fingerprint density at radius 2 is 1.64 bits per heavy atom. The normalized spacial score (nSPS) is 12.5. The van der Waals surface area contributed by atoms with Gasteiger partial charge in [0.25, 0.3) is 0 Å². The van der Waals surface area contributed by atoms with E-state index in [4.69, 9.17) is 27.4 Å². The van der Waals surface area contributed by atoms with Crippen LogP contribution in [0.4, 0.5) is 0 Å². The number of amides is 2. The molecule has 10 N–H and O–H groups in total. The van der Waals surface area contributed by atoms with E-state index in [1.807, 2.05) is 0 Å². The van der Waals surface area contributed by atoms with Crippen molar-refractivity contribution in [1.29, 1.82) is 0 Å². The van der Waals surface area contributed by atoms with Crippen LogP contribution >= 0.6 is 0 Å². The summed E-state index contributed by atoms with van der Waals surface area (Å²) in [4.78, 5) is 49.1. The summed E-state index contributed by atoms with van der Waals surface area (Å²) in [5.74, 6) is -4.04. The highest BCUT2D eigenvalue weighted by molar-refractivity contribution is 5.90. The average molecular weight is 360 g/mol. The molecule has 0 aromatic heterocycles. The van der Waals surface area contributed by atoms with Gasteiger partial charge in [-0.25, -0.2) is 4.79 Å². The molecule has 0 aliphatic heterocycles. The van der Waals surface area contributed by atoms with Crippen molar-refractivity contribution in [2.24, 2.45) is 22.2 Å². The van der Waals surface area contributed by atoms with Gasteiger partial charge in [-0.3, -0.25) is 19.4 Å². The summed E-state index contributed by atoms with van der Waals surface area (Å²) in [5.41, 5.74) is 15.5. The smallest absolute Gasteiger partial charge is 0.326 e. The van der Waals surface area contributed by atoms with E-state index < -0.39 is 42.3 Å². The maximum Gasteiger partial charge on any atom is 0.326 e. The fourth-order valence-electron chi connectivity index (χ4n) is 1.82. The highest BCUT2D eigenvalue weighted by Crippen LogP contribution is 2.03. The van der Waals surface area contributed by atoms with Crippen LogP contribution in [0.25, 0.3) is 0 Å². The number of nitrogens with one attached hydrogen (secondary N) is 2. The second kappa shape index (κ2) is 11.6. The summed E-state index contributed by atoms with van der Waals surface area (Å²) in [6.45, 7) is -0.134. The van der Waals surface area contributed by atoms with E-state index in [9.17, 15) is 19.2 Å². The Balaban J connectivity index is 4.85. The molecule has 2 amide bonds. The van der Waals surface area contributed by atoms with Crippen molar-refractivity contribution < 1.29 is 29.4 Å². The Hall–Kier alpha value is -2.89. The van der Waals surface area contributed by atoms with E-state index in [2.05, 4.69) is 15.6 Å². The second-order valence-corrected chi connectivity index (χ2v) is 5.10. The summed E-state index contributed by atoms with van der Waals surface area (Å²) in [6, 6.07) is -2.43. The minimum Gasteiger partial charge on any atom is -0.481 e. The van der Waals surface area contributed by atoms with E-state index >= 15 is 0 Å². The fourth-order valence-corrected chi connectivity index (χ4v) is 1.82. The molecule has 0 aromatic carbocycles.